The van der Waals surface area contributed by atoms with E-state index >= 15 is 0 Å². The van der Waals surface area contributed by atoms with Gasteiger partial charge in [-0.25, -0.2) is 4.79 Å². The predicted octanol–water partition coefficient (Wildman–Crippen LogP) is -1.71. The highest BCUT2D eigenvalue weighted by Crippen LogP contribution is 2.19. The summed E-state index contributed by atoms with van der Waals surface area (Å²) in [7, 11) is 0. The van der Waals surface area contributed by atoms with E-state index < -0.39 is 297 Å². The number of ether oxygens (including phenoxy) is 1. The summed E-state index contributed by atoms with van der Waals surface area (Å²) in [5.74, 6) is -23.4. The topological polar surface area (TPSA) is 641 Å². The first-order valence-electron chi connectivity index (χ1n) is 42.2. The number of aliphatic hydroxyl groups excluding tert-OH is 2. The van der Waals surface area contributed by atoms with Crippen LogP contribution in [-0.4, -0.2) is 232 Å². The highest BCUT2D eigenvalue weighted by Gasteiger charge is 2.42. The zero-order valence-corrected chi connectivity index (χ0v) is 73.6. The van der Waals surface area contributed by atoms with Crippen molar-refractivity contribution in [1.29, 1.82) is 0 Å². The average Bonchev–Trinajstić information content (AvgIpc) is 0.846. The van der Waals surface area contributed by atoms with Crippen LogP contribution in [0.3, 0.4) is 0 Å². The fourth-order valence-electron chi connectivity index (χ4n) is 12.9. The molecule has 0 aliphatic carbocycles. The lowest BCUT2D eigenvalue weighted by Crippen LogP contribution is -2.63. The molecule has 0 aromatic heterocycles. The molecule has 1 rings (SSSR count). The van der Waals surface area contributed by atoms with Crippen LogP contribution in [0, 0.1) is 47.3 Å². The minimum absolute atomic E-state index is 0.0207. The fraction of sp³-hybridized carbons (Fsp3) is 0.765. The van der Waals surface area contributed by atoms with Gasteiger partial charge in [-0.1, -0.05) is 156 Å². The Kier molecular flexibility index (Phi) is 50.1. The maximum absolute atomic E-state index is 14.7. The molecule has 40 heteroatoms. The molecule has 0 radical (unpaired) electrons. The van der Waals surface area contributed by atoms with Crippen molar-refractivity contribution in [3.63, 3.8) is 0 Å². The third-order valence-electron chi connectivity index (χ3n) is 20.0. The molecule has 1 heterocycles. The summed E-state index contributed by atoms with van der Waals surface area (Å²) in [4.78, 5) is 263. The number of amides is 17. The Balaban J connectivity index is 3.79. The van der Waals surface area contributed by atoms with Crippen LogP contribution < -0.4 is 91.6 Å². The van der Waals surface area contributed by atoms with Crippen molar-refractivity contribution in [3.8, 4) is 0 Å². The molecule has 688 valence electrons. The second-order valence-electron chi connectivity index (χ2n) is 34.1. The molecule has 0 spiro atoms. The van der Waals surface area contributed by atoms with Gasteiger partial charge in [-0.15, -0.1) is 0 Å². The molecule has 23 N–H and O–H groups in total. The van der Waals surface area contributed by atoms with Gasteiger partial charge in [0.25, 0.3) is 0 Å². The summed E-state index contributed by atoms with van der Waals surface area (Å²) in [5, 5.41) is 66.0. The first kappa shape index (κ1) is 109. The molecule has 1 fully saturated rings. The summed E-state index contributed by atoms with van der Waals surface area (Å²) >= 11 is 0. The Bertz CT molecular complexity index is 3480. The molecule has 0 aromatic rings. The number of primary amides is 3. The van der Waals surface area contributed by atoms with Crippen molar-refractivity contribution in [2.45, 2.75) is 337 Å². The van der Waals surface area contributed by atoms with Crippen molar-refractivity contribution in [3.05, 3.63) is 0 Å². The van der Waals surface area contributed by atoms with Gasteiger partial charge in [0.15, 0.2) is 0 Å². The van der Waals surface area contributed by atoms with E-state index in [1.54, 1.807) is 83.1 Å². The maximum atomic E-state index is 14.7. The number of nitrogens with one attached hydrogen (secondary N) is 14. The number of unbranched alkanes of at least 4 members (excludes halogenated alkanes) is 4. The lowest BCUT2D eigenvalue weighted by molar-refractivity contribution is -0.152. The Morgan fingerprint density at radius 2 is 0.793 bits per heavy atom. The molecule has 0 aromatic carbocycles. The number of aliphatic hydroxyl groups is 2. The molecular weight excluding hydrogens is 1580 g/mol. The number of aliphatic carboxylic acids is 1. The molecule has 1 aliphatic heterocycles. The van der Waals surface area contributed by atoms with E-state index in [-0.39, 0.29) is 56.3 Å². The van der Waals surface area contributed by atoms with Crippen molar-refractivity contribution in [1.82, 2.24) is 74.4 Å². The average molecular weight is 1720 g/mol. The quantitative estimate of drug-likeness (QED) is 0.0238. The van der Waals surface area contributed by atoms with Crippen LogP contribution in [0.5, 0.6) is 0 Å². The molecule has 16 unspecified atom stereocenters. The molecule has 16 atom stereocenters. The van der Waals surface area contributed by atoms with Crippen LogP contribution >= 0.6 is 0 Å². The Hall–Kier alpha value is -10.1. The lowest BCUT2D eigenvalue weighted by Gasteiger charge is -2.31. The first-order valence-corrected chi connectivity index (χ1v) is 42.2. The second kappa shape index (κ2) is 55.7. The van der Waals surface area contributed by atoms with Crippen LogP contribution in [0.1, 0.15) is 246 Å². The van der Waals surface area contributed by atoms with E-state index in [2.05, 4.69) is 81.4 Å². The van der Waals surface area contributed by atoms with Crippen LogP contribution in [-0.2, 0) is 95.8 Å². The number of carbonyl (C=O) groups is 19. The molecule has 1 aliphatic rings. The molecule has 40 nitrogen and oxygen atoms in total. The second-order valence-corrected chi connectivity index (χ2v) is 34.1. The summed E-state index contributed by atoms with van der Waals surface area (Å²) in [5.41, 5.74) is 16.6. The fourth-order valence-corrected chi connectivity index (χ4v) is 12.9. The molecule has 121 heavy (non-hydrogen) atoms. The number of carboxylic acids is 1. The summed E-state index contributed by atoms with van der Waals surface area (Å²) in [6.07, 6.45) is -0.744. The third kappa shape index (κ3) is 42.3. The van der Waals surface area contributed by atoms with E-state index in [0.29, 0.717) is 12.8 Å². The highest BCUT2D eigenvalue weighted by atomic mass is 16.5. The number of nitrogens with two attached hydrogens (primary N) is 3. The number of carboxylic acid groups (broad SMARTS) is 1. The Morgan fingerprint density at radius 1 is 0.421 bits per heavy atom. The van der Waals surface area contributed by atoms with Crippen molar-refractivity contribution in [2.75, 3.05) is 13.2 Å². The SMILES string of the molecule is CCCCCCCC(O)CC(=O)NC(CC(C)C)C(=O)NC(CCC(=O)O)C(=O)NC(CCC(N)=O)C(=O)NC(C(=O)NC(CC(C)C)C(=O)NC(CCC(N)=O)C(=O)NC(C(=O)NC(CC(C)C)C(=O)NC(CCC(N)=O)C(=O)NC1COC(=O)C(C(C)CC)NC(=O)C(CO)NC(=O)C(CC(C)C)NC(=O)C(C(C)C)NC1=O)C(C)C)C(C)C. The summed E-state index contributed by atoms with van der Waals surface area (Å²) in [6.45, 7) is 26.4. The van der Waals surface area contributed by atoms with Gasteiger partial charge in [0, 0.05) is 25.7 Å². The van der Waals surface area contributed by atoms with Crippen molar-refractivity contribution in [2.24, 2.45) is 64.5 Å². The van der Waals surface area contributed by atoms with Crippen LogP contribution in [0.25, 0.3) is 0 Å². The van der Waals surface area contributed by atoms with E-state index in [1.165, 1.54) is 27.7 Å². The van der Waals surface area contributed by atoms with E-state index in [9.17, 15) is 106 Å². The van der Waals surface area contributed by atoms with Gasteiger partial charge in [-0.3, -0.25) is 86.3 Å². The van der Waals surface area contributed by atoms with Gasteiger partial charge in [-0.05, 0) is 105 Å². The normalized spacial score (nSPS) is 19.0. The number of rotatable bonds is 53. The van der Waals surface area contributed by atoms with Crippen molar-refractivity contribution >= 4 is 112 Å². The summed E-state index contributed by atoms with van der Waals surface area (Å²) < 4.78 is 5.60. The monoisotopic (exact) mass is 1720 g/mol. The molecule has 0 saturated carbocycles. The number of carbonyl (C=O) groups excluding carboxylic acids is 18. The smallest absolute Gasteiger partial charge is 0.329 e. The largest absolute Gasteiger partial charge is 0.481 e. The van der Waals surface area contributed by atoms with Gasteiger partial charge in [0.2, 0.25) is 100 Å². The van der Waals surface area contributed by atoms with Crippen LogP contribution in [0.2, 0.25) is 0 Å². The van der Waals surface area contributed by atoms with Gasteiger partial charge in [-0.2, -0.15) is 0 Å². The number of esters is 1. The molecule has 1 saturated heterocycles. The minimum Gasteiger partial charge on any atom is -0.481 e. The maximum Gasteiger partial charge on any atom is 0.329 e. The number of cyclic esters (lactones) is 1. The van der Waals surface area contributed by atoms with Crippen LogP contribution in [0.4, 0.5) is 0 Å². The Labute approximate surface area is 709 Å². The lowest BCUT2D eigenvalue weighted by atomic mass is 9.98. The molecular formula is C81H141N17O23. The van der Waals surface area contributed by atoms with Gasteiger partial charge in [0.1, 0.15) is 91.2 Å². The van der Waals surface area contributed by atoms with E-state index in [0.717, 1.165) is 25.7 Å². The zero-order chi connectivity index (χ0) is 92.4. The zero-order valence-electron chi connectivity index (χ0n) is 73.6. The predicted molar refractivity (Wildman–Crippen MR) is 443 cm³/mol. The number of hydrogen-bond donors (Lipinski definition) is 20. The van der Waals surface area contributed by atoms with E-state index in [1.807, 2.05) is 0 Å². The third-order valence-corrected chi connectivity index (χ3v) is 20.0. The summed E-state index contributed by atoms with van der Waals surface area (Å²) in [6, 6.07) is -22.0. The molecule has 17 amide bonds. The standard InChI is InChI=1S/C81H141N17O23/c1-18-20-21-22-23-24-48(100)37-62(104)85-53(33-40(3)4)72(111)89-52(28-32-63(105)106)68(107)86-50(26-30-60(83)102)70(109)95-64(44(11)12)78(117)91-55(35-42(7)8)74(113)88-51(27-31-61(84)103)71(110)96-65(45(13)14)79(118)90-54(34-41(5)6)73(112)87-49(25-29-59(82)101)69(108)94-58-39-121-81(120)67(47(17)19-2)98-76(115)57(38-99)93-75(114)56(36-43(9)10)92-80(119)66(46(15)16)97-77(58)116/h40-58,64-67,99-100H,18-39H2,1-17H3,(H2,82,101)(H2,83,102)(H2,84,103)(H,85,104)(H,86,107)(H,87,112)(H,88,113)(H,89,111)(H,90,118)(H,91,117)(H,92,119)(H,93,114)(H,94,108)(H,95,109)(H,96,110)(H,97,116)(H,98,115)(H,105,106). The van der Waals surface area contributed by atoms with Gasteiger partial charge >= 0.3 is 11.9 Å². The Morgan fingerprint density at radius 3 is 1.17 bits per heavy atom. The first-order chi connectivity index (χ1) is 56.5. The van der Waals surface area contributed by atoms with E-state index in [4.69, 9.17) is 21.9 Å². The van der Waals surface area contributed by atoms with Gasteiger partial charge < -0.3 is 112 Å². The van der Waals surface area contributed by atoms with Crippen molar-refractivity contribution < 1.29 is 111 Å². The van der Waals surface area contributed by atoms with Crippen LogP contribution in [0.15, 0.2) is 0 Å². The highest BCUT2D eigenvalue weighted by molar-refractivity contribution is 6.01. The van der Waals surface area contributed by atoms with Gasteiger partial charge in [0.05, 0.1) is 19.1 Å². The molecule has 0 bridgehead atoms. The minimum atomic E-state index is -1.91. The number of hydrogen-bond acceptors (Lipinski definition) is 22.